The van der Waals surface area contributed by atoms with Gasteiger partial charge in [0.15, 0.2) is 0 Å². The van der Waals surface area contributed by atoms with E-state index in [0.29, 0.717) is 12.3 Å². The van der Waals surface area contributed by atoms with E-state index < -0.39 is 0 Å². The quantitative estimate of drug-likeness (QED) is 0.853. The fourth-order valence-electron chi connectivity index (χ4n) is 2.34. The van der Waals surface area contributed by atoms with E-state index in [9.17, 15) is 4.79 Å². The first kappa shape index (κ1) is 15.7. The minimum Gasteiger partial charge on any atom is -0.392 e. The second-order valence-corrected chi connectivity index (χ2v) is 6.48. The number of carbonyl (C=O) groups excluding carboxylic acids is 1. The predicted molar refractivity (Wildman–Crippen MR) is 78.8 cm³/mol. The maximum Gasteiger partial charge on any atom is 0.224 e. The Balaban J connectivity index is 2.46. The molecule has 3 nitrogen and oxygen atoms in total. The molecule has 1 aromatic carbocycles. The van der Waals surface area contributed by atoms with Crippen LogP contribution in [-0.2, 0) is 11.4 Å². The molecule has 3 heteroatoms. The molecule has 0 radical (unpaired) electrons. The van der Waals surface area contributed by atoms with Gasteiger partial charge in [0.1, 0.15) is 0 Å². The van der Waals surface area contributed by atoms with Gasteiger partial charge in [0.05, 0.1) is 6.61 Å². The van der Waals surface area contributed by atoms with Crippen molar-refractivity contribution in [1.82, 2.24) is 0 Å². The number of rotatable bonds is 5. The van der Waals surface area contributed by atoms with Gasteiger partial charge in [-0.15, -0.1) is 0 Å². The van der Waals surface area contributed by atoms with Gasteiger partial charge in [0.25, 0.3) is 0 Å². The van der Waals surface area contributed by atoms with Gasteiger partial charge in [-0.05, 0) is 35.4 Å². The summed E-state index contributed by atoms with van der Waals surface area (Å²) in [6.45, 7) is 8.70. The molecule has 0 aliphatic rings. The van der Waals surface area contributed by atoms with Crippen LogP contribution < -0.4 is 5.32 Å². The molecule has 0 fully saturated rings. The van der Waals surface area contributed by atoms with Gasteiger partial charge < -0.3 is 10.4 Å². The number of amides is 1. The van der Waals surface area contributed by atoms with E-state index in [0.717, 1.165) is 17.7 Å². The van der Waals surface area contributed by atoms with Crippen LogP contribution in [0.15, 0.2) is 24.3 Å². The number of nitrogens with one attached hydrogen (secondary N) is 1. The summed E-state index contributed by atoms with van der Waals surface area (Å²) in [6.07, 6.45) is 1.57. The summed E-state index contributed by atoms with van der Waals surface area (Å²) < 4.78 is 0. The molecule has 1 rings (SSSR count). The van der Waals surface area contributed by atoms with Crippen molar-refractivity contribution >= 4 is 11.6 Å². The van der Waals surface area contributed by atoms with E-state index in [1.165, 1.54) is 0 Å². The summed E-state index contributed by atoms with van der Waals surface area (Å²) in [7, 11) is 0. The Morgan fingerprint density at radius 1 is 1.26 bits per heavy atom. The first-order chi connectivity index (χ1) is 8.80. The average Bonchev–Trinajstić information content (AvgIpc) is 2.27. The van der Waals surface area contributed by atoms with E-state index in [-0.39, 0.29) is 17.9 Å². The fourth-order valence-corrected chi connectivity index (χ4v) is 2.34. The lowest BCUT2D eigenvalue weighted by Crippen LogP contribution is -2.18. The third-order valence-electron chi connectivity index (χ3n) is 2.91. The molecule has 0 spiro atoms. The zero-order valence-corrected chi connectivity index (χ0v) is 12.4. The molecule has 0 aliphatic carbocycles. The van der Waals surface area contributed by atoms with Gasteiger partial charge >= 0.3 is 0 Å². The molecular weight excluding hydrogens is 238 g/mol. The first-order valence-electron chi connectivity index (χ1n) is 6.80. The largest absolute Gasteiger partial charge is 0.392 e. The minimum absolute atomic E-state index is 0.0246. The smallest absolute Gasteiger partial charge is 0.224 e. The summed E-state index contributed by atoms with van der Waals surface area (Å²) in [4.78, 5) is 11.9. The third-order valence-corrected chi connectivity index (χ3v) is 2.91. The van der Waals surface area contributed by atoms with Crippen molar-refractivity contribution in [3.8, 4) is 0 Å². The van der Waals surface area contributed by atoms with Crippen molar-refractivity contribution in [1.29, 1.82) is 0 Å². The lowest BCUT2D eigenvalue weighted by atomic mass is 9.84. The summed E-state index contributed by atoms with van der Waals surface area (Å²) in [5.74, 6) is 0.421. The number of hydrogen-bond donors (Lipinski definition) is 2. The van der Waals surface area contributed by atoms with Crippen molar-refractivity contribution in [2.75, 3.05) is 5.32 Å². The van der Waals surface area contributed by atoms with Crippen LogP contribution >= 0.6 is 0 Å². The molecule has 19 heavy (non-hydrogen) atoms. The molecule has 0 saturated heterocycles. The summed E-state index contributed by atoms with van der Waals surface area (Å²) in [5, 5.41) is 11.8. The van der Waals surface area contributed by atoms with Crippen LogP contribution in [0.1, 0.15) is 46.1 Å². The summed E-state index contributed by atoms with van der Waals surface area (Å²) in [6, 6.07) is 7.26. The van der Waals surface area contributed by atoms with E-state index in [1.807, 2.05) is 24.3 Å². The molecular formula is C16H25NO2. The monoisotopic (exact) mass is 263 g/mol. The number of aliphatic hydroxyl groups is 1. The van der Waals surface area contributed by atoms with Crippen molar-refractivity contribution in [2.24, 2.45) is 11.3 Å². The van der Waals surface area contributed by atoms with Gasteiger partial charge in [-0.25, -0.2) is 0 Å². The zero-order chi connectivity index (χ0) is 14.5. The van der Waals surface area contributed by atoms with Crippen LogP contribution in [0.25, 0.3) is 0 Å². The summed E-state index contributed by atoms with van der Waals surface area (Å²) >= 11 is 0. The lowest BCUT2D eigenvalue weighted by molar-refractivity contribution is -0.117. The molecule has 0 heterocycles. The van der Waals surface area contributed by atoms with Crippen molar-refractivity contribution < 1.29 is 9.90 Å². The first-order valence-corrected chi connectivity index (χ1v) is 6.80. The number of anilines is 1. The Hall–Kier alpha value is -1.35. The molecule has 1 unspecified atom stereocenters. The van der Waals surface area contributed by atoms with Crippen LogP contribution in [0.3, 0.4) is 0 Å². The predicted octanol–water partition coefficient (Wildman–Crippen LogP) is 3.58. The maximum atomic E-state index is 11.9. The van der Waals surface area contributed by atoms with Gasteiger partial charge in [-0.3, -0.25) is 4.79 Å². The molecule has 0 aliphatic heterocycles. The fraction of sp³-hybridized carbons (Fsp3) is 0.562. The normalized spacial score (nSPS) is 13.1. The number of benzene rings is 1. The molecule has 1 atom stereocenters. The van der Waals surface area contributed by atoms with Gasteiger partial charge in [-0.1, -0.05) is 39.8 Å². The Bertz CT molecular complexity index is 404. The van der Waals surface area contributed by atoms with Crippen molar-refractivity contribution in [2.45, 2.75) is 47.1 Å². The van der Waals surface area contributed by atoms with E-state index in [1.54, 1.807) is 0 Å². The Morgan fingerprint density at radius 3 is 2.32 bits per heavy atom. The molecule has 0 aromatic heterocycles. The van der Waals surface area contributed by atoms with E-state index in [2.05, 4.69) is 33.0 Å². The second-order valence-electron chi connectivity index (χ2n) is 6.48. The average molecular weight is 263 g/mol. The highest BCUT2D eigenvalue weighted by molar-refractivity contribution is 5.90. The molecule has 1 aromatic rings. The van der Waals surface area contributed by atoms with Crippen LogP contribution in [-0.4, -0.2) is 11.0 Å². The minimum atomic E-state index is 0.0246. The number of aliphatic hydroxyl groups excluding tert-OH is 1. The van der Waals surface area contributed by atoms with Crippen molar-refractivity contribution in [3.05, 3.63) is 29.8 Å². The summed E-state index contributed by atoms with van der Waals surface area (Å²) in [5.41, 5.74) is 1.88. The number of hydrogen-bond acceptors (Lipinski definition) is 2. The second kappa shape index (κ2) is 6.71. The third kappa shape index (κ3) is 6.39. The molecule has 0 bridgehead atoms. The van der Waals surface area contributed by atoms with E-state index in [4.69, 9.17) is 5.11 Å². The van der Waals surface area contributed by atoms with Crippen LogP contribution in [0, 0.1) is 11.3 Å². The zero-order valence-electron chi connectivity index (χ0n) is 12.4. The number of carbonyl (C=O) groups is 1. The van der Waals surface area contributed by atoms with Crippen LogP contribution in [0.2, 0.25) is 0 Å². The standard InChI is InChI=1S/C16H25NO2/c1-12(10-16(2,3)4)9-15(19)17-14-7-5-13(11-18)6-8-14/h5-8,12,18H,9-11H2,1-4H3,(H,17,19). The highest BCUT2D eigenvalue weighted by Gasteiger charge is 2.17. The molecule has 106 valence electrons. The van der Waals surface area contributed by atoms with Crippen molar-refractivity contribution in [3.63, 3.8) is 0 Å². The Labute approximate surface area is 116 Å². The molecule has 2 N–H and O–H groups in total. The Kier molecular flexibility index (Phi) is 5.55. The molecule has 0 saturated carbocycles. The van der Waals surface area contributed by atoms with E-state index >= 15 is 0 Å². The van der Waals surface area contributed by atoms with Gasteiger partial charge in [0, 0.05) is 12.1 Å². The maximum absolute atomic E-state index is 11.9. The highest BCUT2D eigenvalue weighted by Crippen LogP contribution is 2.26. The van der Waals surface area contributed by atoms with Gasteiger partial charge in [0.2, 0.25) is 5.91 Å². The SMILES string of the molecule is CC(CC(=O)Nc1ccc(CO)cc1)CC(C)(C)C. The topological polar surface area (TPSA) is 49.3 Å². The molecule has 1 amide bonds. The van der Waals surface area contributed by atoms with Gasteiger partial charge in [-0.2, -0.15) is 0 Å². The Morgan fingerprint density at radius 2 is 1.84 bits per heavy atom. The van der Waals surface area contributed by atoms with Crippen LogP contribution in [0.4, 0.5) is 5.69 Å². The van der Waals surface area contributed by atoms with Crippen LogP contribution in [0.5, 0.6) is 0 Å². The lowest BCUT2D eigenvalue weighted by Gasteiger charge is -2.22. The highest BCUT2D eigenvalue weighted by atomic mass is 16.3.